The fourth-order valence-electron chi connectivity index (χ4n) is 2.88. The number of nitrogens with one attached hydrogen (secondary N) is 1. The van der Waals surface area contributed by atoms with Crippen LogP contribution in [0.3, 0.4) is 0 Å². The summed E-state index contributed by atoms with van der Waals surface area (Å²) in [5.41, 5.74) is 0.181. The van der Waals surface area contributed by atoms with Crippen molar-refractivity contribution in [3.05, 3.63) is 0 Å². The van der Waals surface area contributed by atoms with E-state index >= 15 is 0 Å². The monoisotopic (exact) mass is 294 g/mol. The van der Waals surface area contributed by atoms with E-state index in [1.807, 2.05) is 0 Å². The Labute approximate surface area is 121 Å². The van der Waals surface area contributed by atoms with E-state index in [0.717, 1.165) is 19.5 Å². The van der Waals surface area contributed by atoms with Gasteiger partial charge in [-0.25, -0.2) is 0 Å². The maximum absolute atomic E-state index is 12.6. The van der Waals surface area contributed by atoms with E-state index in [0.29, 0.717) is 19.1 Å². The summed E-state index contributed by atoms with van der Waals surface area (Å²) < 4.78 is 37.8. The number of hydrogen-bond donors (Lipinski definition) is 1. The Balaban J connectivity index is 2.36. The van der Waals surface area contributed by atoms with E-state index in [1.165, 1.54) is 0 Å². The Kier molecular flexibility index (Phi) is 6.32. The molecule has 0 amide bonds. The minimum absolute atomic E-state index is 0.181. The van der Waals surface area contributed by atoms with Gasteiger partial charge in [-0.05, 0) is 50.9 Å². The molecule has 20 heavy (non-hydrogen) atoms. The lowest BCUT2D eigenvalue weighted by atomic mass is 9.84. The van der Waals surface area contributed by atoms with Crippen molar-refractivity contribution in [2.24, 2.45) is 11.3 Å². The average Bonchev–Trinajstić information content (AvgIpc) is 2.32. The van der Waals surface area contributed by atoms with Gasteiger partial charge in [-0.2, -0.15) is 13.2 Å². The van der Waals surface area contributed by atoms with Gasteiger partial charge in [-0.15, -0.1) is 0 Å². The number of halogens is 3. The zero-order valence-corrected chi connectivity index (χ0v) is 13.2. The van der Waals surface area contributed by atoms with Gasteiger partial charge in [0.25, 0.3) is 0 Å². The van der Waals surface area contributed by atoms with E-state index in [-0.39, 0.29) is 18.3 Å². The third-order valence-corrected chi connectivity index (χ3v) is 4.28. The molecule has 1 unspecified atom stereocenters. The first-order valence-corrected chi connectivity index (χ1v) is 7.67. The van der Waals surface area contributed by atoms with Crippen molar-refractivity contribution >= 4 is 0 Å². The highest BCUT2D eigenvalue weighted by Crippen LogP contribution is 2.34. The van der Waals surface area contributed by atoms with Gasteiger partial charge in [0, 0.05) is 6.04 Å². The summed E-state index contributed by atoms with van der Waals surface area (Å²) in [6, 6.07) is 0.410. The van der Waals surface area contributed by atoms with Crippen molar-refractivity contribution in [2.45, 2.75) is 59.2 Å². The molecule has 5 heteroatoms. The highest BCUT2D eigenvalue weighted by atomic mass is 19.4. The van der Waals surface area contributed by atoms with Gasteiger partial charge in [0.2, 0.25) is 0 Å². The number of likely N-dealkylation sites (tertiary alicyclic amines) is 1. The predicted octanol–water partition coefficient (Wildman–Crippen LogP) is 3.68. The van der Waals surface area contributed by atoms with Crippen LogP contribution in [0, 0.1) is 11.3 Å². The van der Waals surface area contributed by atoms with Crippen molar-refractivity contribution in [3.8, 4) is 0 Å². The van der Waals surface area contributed by atoms with E-state index in [4.69, 9.17) is 0 Å². The van der Waals surface area contributed by atoms with E-state index in [9.17, 15) is 13.2 Å². The Morgan fingerprint density at radius 3 is 2.10 bits per heavy atom. The molecule has 1 aliphatic heterocycles. The number of piperidine rings is 1. The van der Waals surface area contributed by atoms with Crippen molar-refractivity contribution < 1.29 is 13.2 Å². The molecule has 0 radical (unpaired) electrons. The Hall–Kier alpha value is -0.290. The average molecular weight is 294 g/mol. The van der Waals surface area contributed by atoms with Gasteiger partial charge < -0.3 is 10.2 Å². The molecule has 0 saturated carbocycles. The highest BCUT2D eigenvalue weighted by Gasteiger charge is 2.41. The molecule has 2 nitrogen and oxygen atoms in total. The Morgan fingerprint density at radius 1 is 1.15 bits per heavy atom. The summed E-state index contributed by atoms with van der Waals surface area (Å²) in [6.07, 6.45) is -2.51. The van der Waals surface area contributed by atoms with Gasteiger partial charge in [0.15, 0.2) is 0 Å². The molecule has 1 fully saturated rings. The van der Waals surface area contributed by atoms with Crippen molar-refractivity contribution in [2.75, 3.05) is 26.2 Å². The lowest BCUT2D eigenvalue weighted by Crippen LogP contribution is -2.45. The lowest BCUT2D eigenvalue weighted by molar-refractivity contribution is -0.185. The fourth-order valence-corrected chi connectivity index (χ4v) is 2.88. The van der Waals surface area contributed by atoms with Crippen molar-refractivity contribution in [1.29, 1.82) is 0 Å². The van der Waals surface area contributed by atoms with Crippen molar-refractivity contribution in [1.82, 2.24) is 10.2 Å². The molecule has 1 aliphatic rings. The van der Waals surface area contributed by atoms with Crippen LogP contribution in [0.5, 0.6) is 0 Å². The van der Waals surface area contributed by atoms with Crippen LogP contribution < -0.4 is 5.32 Å². The minimum atomic E-state index is -4.01. The maximum atomic E-state index is 12.6. The van der Waals surface area contributed by atoms with Crippen LogP contribution in [-0.2, 0) is 0 Å². The molecule has 0 bridgehead atoms. The predicted molar refractivity (Wildman–Crippen MR) is 76.8 cm³/mol. The molecule has 1 rings (SSSR count). The molecule has 1 N–H and O–H groups in total. The minimum Gasteiger partial charge on any atom is -0.314 e. The molecule has 0 spiro atoms. The van der Waals surface area contributed by atoms with Crippen LogP contribution in [0.1, 0.15) is 47.0 Å². The summed E-state index contributed by atoms with van der Waals surface area (Å²) in [4.78, 5) is 2.18. The van der Waals surface area contributed by atoms with Gasteiger partial charge in [0.1, 0.15) is 0 Å². The zero-order chi connectivity index (χ0) is 15.4. The number of rotatable bonds is 5. The molecule has 0 aromatic heterocycles. The van der Waals surface area contributed by atoms with Crippen LogP contribution in [-0.4, -0.2) is 43.3 Å². The second-order valence-corrected chi connectivity index (χ2v) is 6.92. The summed E-state index contributed by atoms with van der Waals surface area (Å²) in [5.74, 6) is -1.09. The van der Waals surface area contributed by atoms with Gasteiger partial charge >= 0.3 is 6.18 Å². The fraction of sp³-hybridized carbons (Fsp3) is 1.00. The van der Waals surface area contributed by atoms with E-state index in [2.05, 4.69) is 37.9 Å². The Morgan fingerprint density at radius 2 is 1.70 bits per heavy atom. The number of hydrogen-bond acceptors (Lipinski definition) is 2. The topological polar surface area (TPSA) is 15.3 Å². The summed E-state index contributed by atoms with van der Waals surface area (Å²) in [5, 5.41) is 3.49. The number of alkyl halides is 3. The van der Waals surface area contributed by atoms with Gasteiger partial charge in [-0.3, -0.25) is 0 Å². The van der Waals surface area contributed by atoms with Gasteiger partial charge in [-0.1, -0.05) is 27.7 Å². The molecule has 0 aromatic rings. The highest BCUT2D eigenvalue weighted by molar-refractivity contribution is 4.83. The van der Waals surface area contributed by atoms with E-state index < -0.39 is 12.1 Å². The van der Waals surface area contributed by atoms with Crippen molar-refractivity contribution in [3.63, 3.8) is 0 Å². The molecular weight excluding hydrogens is 265 g/mol. The maximum Gasteiger partial charge on any atom is 0.391 e. The Bertz CT molecular complexity index is 276. The van der Waals surface area contributed by atoms with Gasteiger partial charge in [0.05, 0.1) is 5.92 Å². The normalized spacial score (nSPS) is 21.1. The quantitative estimate of drug-likeness (QED) is 0.832. The van der Waals surface area contributed by atoms with Crippen LogP contribution in [0.15, 0.2) is 0 Å². The van der Waals surface area contributed by atoms with Crippen LogP contribution in [0.25, 0.3) is 0 Å². The van der Waals surface area contributed by atoms with Crippen LogP contribution in [0.2, 0.25) is 0 Å². The van der Waals surface area contributed by atoms with Crippen LogP contribution in [0.4, 0.5) is 13.2 Å². The lowest BCUT2D eigenvalue weighted by Gasteiger charge is -2.36. The summed E-state index contributed by atoms with van der Waals surface area (Å²) >= 11 is 0. The van der Waals surface area contributed by atoms with Crippen LogP contribution >= 0.6 is 0 Å². The molecular formula is C15H29F3N2. The second kappa shape index (κ2) is 7.12. The first kappa shape index (κ1) is 17.8. The smallest absolute Gasteiger partial charge is 0.314 e. The second-order valence-electron chi connectivity index (χ2n) is 6.92. The molecule has 0 aliphatic carbocycles. The molecule has 0 aromatic carbocycles. The zero-order valence-electron chi connectivity index (χ0n) is 13.2. The third kappa shape index (κ3) is 5.60. The standard InChI is InChI=1S/C15H29F3N2/c1-5-19-13(14(2,3)4)8-11-20-9-6-12(7-10-20)15(16,17)18/h12-13,19H,5-11H2,1-4H3. The molecule has 120 valence electrons. The SMILES string of the molecule is CCNC(CCN1CCC(C(F)(F)F)CC1)C(C)(C)C. The first-order valence-electron chi connectivity index (χ1n) is 7.67. The molecule has 1 atom stereocenters. The summed E-state index contributed by atoms with van der Waals surface area (Å²) in [7, 11) is 0. The molecule has 1 saturated heterocycles. The molecule has 1 heterocycles. The summed E-state index contributed by atoms with van der Waals surface area (Å²) in [6.45, 7) is 11.7. The largest absolute Gasteiger partial charge is 0.391 e. The number of nitrogens with zero attached hydrogens (tertiary/aromatic N) is 1. The first-order chi connectivity index (χ1) is 9.14. The van der Waals surface area contributed by atoms with E-state index in [1.54, 1.807) is 0 Å². The third-order valence-electron chi connectivity index (χ3n) is 4.28.